The molecule has 3 aromatic rings. The van der Waals surface area contributed by atoms with Gasteiger partial charge in [-0.05, 0) is 54.8 Å². The number of methoxy groups -OCH3 is 1. The number of aromatic nitrogens is 1. The Morgan fingerprint density at radius 3 is 2.70 bits per heavy atom. The Bertz CT molecular complexity index is 1560. The fourth-order valence-corrected chi connectivity index (χ4v) is 5.23. The highest BCUT2D eigenvalue weighted by molar-refractivity contribution is 7.07. The molecule has 1 aromatic heterocycles. The number of allylic oxidation sites excluding steroid dienone is 1. The summed E-state index contributed by atoms with van der Waals surface area (Å²) >= 11 is 1.26. The molecule has 4 rings (SSSR count). The van der Waals surface area contributed by atoms with Crippen LogP contribution in [0.5, 0.6) is 11.5 Å². The van der Waals surface area contributed by atoms with Gasteiger partial charge in [0.1, 0.15) is 17.6 Å². The number of thiazole rings is 1. The molecule has 2 heterocycles. The molecular formula is C28H27N3O5S. The van der Waals surface area contributed by atoms with Crippen LogP contribution in [0.3, 0.4) is 0 Å². The molecular weight excluding hydrogens is 490 g/mol. The predicted octanol–water partition coefficient (Wildman–Crippen LogP) is 3.49. The van der Waals surface area contributed by atoms with Crippen LogP contribution in [0.1, 0.15) is 43.9 Å². The van der Waals surface area contributed by atoms with Gasteiger partial charge in [0.2, 0.25) is 0 Å². The summed E-state index contributed by atoms with van der Waals surface area (Å²) in [6, 6.07) is 15.7. The van der Waals surface area contributed by atoms with E-state index < -0.39 is 12.0 Å². The second-order valence-electron chi connectivity index (χ2n) is 8.21. The van der Waals surface area contributed by atoms with Crippen molar-refractivity contribution in [2.45, 2.75) is 32.7 Å². The summed E-state index contributed by atoms with van der Waals surface area (Å²) in [4.78, 5) is 32.3. The normalized spacial score (nSPS) is 15.0. The van der Waals surface area contributed by atoms with E-state index in [0.717, 1.165) is 17.5 Å². The average Bonchev–Trinajstić information content (AvgIpc) is 3.21. The van der Waals surface area contributed by atoms with E-state index in [1.807, 2.05) is 43.3 Å². The van der Waals surface area contributed by atoms with Crippen LogP contribution >= 0.6 is 11.3 Å². The first kappa shape index (κ1) is 25.9. The van der Waals surface area contributed by atoms with Crippen LogP contribution in [0.15, 0.2) is 69.6 Å². The molecule has 0 saturated carbocycles. The number of carbonyl (C=O) groups is 1. The number of esters is 1. The SMILES string of the molecule is CCCC1=C(C(=O)OCC)[C@@H](c2cccc(OC)c2)n2c(s/c(=C\c3cccc(OCC#N)c3)c2=O)=N1. The van der Waals surface area contributed by atoms with E-state index in [9.17, 15) is 9.59 Å². The maximum Gasteiger partial charge on any atom is 0.338 e. The zero-order valence-electron chi connectivity index (χ0n) is 20.9. The van der Waals surface area contributed by atoms with Crippen LogP contribution in [-0.4, -0.2) is 30.9 Å². The van der Waals surface area contributed by atoms with Gasteiger partial charge >= 0.3 is 5.97 Å². The number of carbonyl (C=O) groups excluding carboxylic acids is 1. The lowest BCUT2D eigenvalue weighted by Crippen LogP contribution is -2.40. The molecule has 0 fully saturated rings. The number of hydrogen-bond acceptors (Lipinski definition) is 8. The molecule has 0 unspecified atom stereocenters. The Morgan fingerprint density at radius 2 is 1.97 bits per heavy atom. The first-order valence-corrected chi connectivity index (χ1v) is 12.8. The van der Waals surface area contributed by atoms with E-state index in [1.165, 1.54) is 11.3 Å². The van der Waals surface area contributed by atoms with Gasteiger partial charge in [0, 0.05) is 0 Å². The standard InChI is InChI=1S/C28H27N3O5S/c1-4-8-22-24(27(33)35-5-2)25(19-10-7-11-20(17-19)34-3)31-26(32)23(37-28(31)30-22)16-18-9-6-12-21(15-18)36-14-13-29/h6-7,9-12,15-17,25H,4-5,8,14H2,1-3H3/b23-16-/t25-/m1/s1. The molecule has 8 nitrogen and oxygen atoms in total. The van der Waals surface area contributed by atoms with E-state index in [4.69, 9.17) is 24.5 Å². The lowest BCUT2D eigenvalue weighted by atomic mass is 9.94. The molecule has 1 aliphatic heterocycles. The second kappa shape index (κ2) is 11.7. The second-order valence-corrected chi connectivity index (χ2v) is 9.22. The van der Waals surface area contributed by atoms with Crippen molar-refractivity contribution in [2.24, 2.45) is 4.99 Å². The molecule has 37 heavy (non-hydrogen) atoms. The van der Waals surface area contributed by atoms with Crippen molar-refractivity contribution in [3.8, 4) is 17.6 Å². The summed E-state index contributed by atoms with van der Waals surface area (Å²) in [5.41, 5.74) is 2.19. The number of nitrogens with zero attached hydrogens (tertiary/aromatic N) is 3. The molecule has 1 atom stereocenters. The van der Waals surface area contributed by atoms with Gasteiger partial charge in [0.15, 0.2) is 11.4 Å². The minimum absolute atomic E-state index is 0.0664. The van der Waals surface area contributed by atoms with E-state index in [2.05, 4.69) is 0 Å². The van der Waals surface area contributed by atoms with Crippen molar-refractivity contribution < 1.29 is 19.0 Å². The van der Waals surface area contributed by atoms with Gasteiger partial charge in [-0.1, -0.05) is 48.9 Å². The van der Waals surface area contributed by atoms with Gasteiger partial charge in [-0.15, -0.1) is 0 Å². The topological polar surface area (TPSA) is 103 Å². The molecule has 1 aliphatic rings. The minimum Gasteiger partial charge on any atom is -0.497 e. The van der Waals surface area contributed by atoms with Gasteiger partial charge in [-0.2, -0.15) is 5.26 Å². The predicted molar refractivity (Wildman–Crippen MR) is 140 cm³/mol. The molecule has 0 N–H and O–H groups in total. The molecule has 0 aliphatic carbocycles. The number of benzene rings is 2. The maximum atomic E-state index is 13.8. The van der Waals surface area contributed by atoms with Gasteiger partial charge in [-0.3, -0.25) is 9.36 Å². The molecule has 0 bridgehead atoms. The monoisotopic (exact) mass is 517 g/mol. The van der Waals surface area contributed by atoms with E-state index >= 15 is 0 Å². The first-order valence-electron chi connectivity index (χ1n) is 12.0. The van der Waals surface area contributed by atoms with Crippen LogP contribution in [0, 0.1) is 11.3 Å². The summed E-state index contributed by atoms with van der Waals surface area (Å²) in [6.07, 6.45) is 3.11. The summed E-state index contributed by atoms with van der Waals surface area (Å²) < 4.78 is 18.3. The third-order valence-electron chi connectivity index (χ3n) is 5.76. The molecule has 9 heteroatoms. The molecule has 0 radical (unpaired) electrons. The Kier molecular flexibility index (Phi) is 8.21. The van der Waals surface area contributed by atoms with Crippen LogP contribution in [-0.2, 0) is 9.53 Å². The zero-order chi connectivity index (χ0) is 26.4. The summed E-state index contributed by atoms with van der Waals surface area (Å²) in [6.45, 7) is 3.91. The highest BCUT2D eigenvalue weighted by Gasteiger charge is 2.34. The summed E-state index contributed by atoms with van der Waals surface area (Å²) in [7, 11) is 1.57. The maximum absolute atomic E-state index is 13.8. The minimum atomic E-state index is -0.709. The third kappa shape index (κ3) is 5.49. The van der Waals surface area contributed by atoms with Gasteiger partial charge in [0.05, 0.1) is 35.6 Å². The number of hydrogen-bond donors (Lipinski definition) is 0. The Morgan fingerprint density at radius 1 is 1.19 bits per heavy atom. The van der Waals surface area contributed by atoms with Crippen molar-refractivity contribution in [1.82, 2.24) is 4.57 Å². The van der Waals surface area contributed by atoms with Gasteiger partial charge in [-0.25, -0.2) is 9.79 Å². The number of nitriles is 1. The van der Waals surface area contributed by atoms with Gasteiger partial charge in [0.25, 0.3) is 5.56 Å². The largest absolute Gasteiger partial charge is 0.497 e. The van der Waals surface area contributed by atoms with Crippen molar-refractivity contribution in [2.75, 3.05) is 20.3 Å². The van der Waals surface area contributed by atoms with Crippen LogP contribution < -0.4 is 24.4 Å². The molecule has 2 aromatic carbocycles. The van der Waals surface area contributed by atoms with Crippen molar-refractivity contribution in [3.63, 3.8) is 0 Å². The number of ether oxygens (including phenoxy) is 3. The van der Waals surface area contributed by atoms with E-state index in [-0.39, 0.29) is 18.8 Å². The lowest BCUT2D eigenvalue weighted by Gasteiger charge is -2.26. The Balaban J connectivity index is 1.94. The number of fused-ring (bicyclic) bond motifs is 1. The van der Waals surface area contributed by atoms with E-state index in [1.54, 1.807) is 42.9 Å². The number of rotatable bonds is 9. The smallest absolute Gasteiger partial charge is 0.338 e. The molecule has 0 saturated heterocycles. The first-order chi connectivity index (χ1) is 18.0. The summed E-state index contributed by atoms with van der Waals surface area (Å²) in [5, 5.41) is 8.79. The quantitative estimate of drug-likeness (QED) is 0.403. The van der Waals surface area contributed by atoms with Crippen LogP contribution in [0.4, 0.5) is 0 Å². The molecule has 190 valence electrons. The third-order valence-corrected chi connectivity index (χ3v) is 6.74. The fourth-order valence-electron chi connectivity index (χ4n) is 4.21. The van der Waals surface area contributed by atoms with Crippen LogP contribution in [0.25, 0.3) is 6.08 Å². The fraction of sp³-hybridized carbons (Fsp3) is 0.286. The van der Waals surface area contributed by atoms with Crippen molar-refractivity contribution >= 4 is 23.4 Å². The average molecular weight is 518 g/mol. The van der Waals surface area contributed by atoms with Gasteiger partial charge < -0.3 is 14.2 Å². The van der Waals surface area contributed by atoms with Crippen molar-refractivity contribution in [3.05, 3.63) is 90.6 Å². The highest BCUT2D eigenvalue weighted by Crippen LogP contribution is 2.33. The Labute approximate surface area is 218 Å². The zero-order valence-corrected chi connectivity index (χ0v) is 21.7. The lowest BCUT2D eigenvalue weighted by molar-refractivity contribution is -0.139. The van der Waals surface area contributed by atoms with Crippen LogP contribution in [0.2, 0.25) is 0 Å². The summed E-state index contributed by atoms with van der Waals surface area (Å²) in [5.74, 6) is 0.664. The Hall–Kier alpha value is -4.16. The van der Waals surface area contributed by atoms with E-state index in [0.29, 0.717) is 38.5 Å². The molecule has 0 spiro atoms. The molecule has 0 amide bonds. The highest BCUT2D eigenvalue weighted by atomic mass is 32.1. The van der Waals surface area contributed by atoms with Crippen molar-refractivity contribution in [1.29, 1.82) is 5.26 Å².